The maximum absolute atomic E-state index is 13.4. The maximum atomic E-state index is 13.4. The van der Waals surface area contributed by atoms with Gasteiger partial charge in [0.15, 0.2) is 5.65 Å². The second kappa shape index (κ2) is 7.63. The van der Waals surface area contributed by atoms with E-state index in [4.69, 9.17) is 9.47 Å². The van der Waals surface area contributed by atoms with E-state index in [1.54, 1.807) is 18.1 Å². The van der Waals surface area contributed by atoms with E-state index < -0.39 is 11.7 Å². The highest BCUT2D eigenvalue weighted by Gasteiger charge is 2.34. The van der Waals surface area contributed by atoms with E-state index in [1.807, 2.05) is 6.07 Å². The van der Waals surface area contributed by atoms with E-state index in [1.165, 1.54) is 29.9 Å². The third-order valence-electron chi connectivity index (χ3n) is 4.95. The molecule has 3 aromatic rings. The van der Waals surface area contributed by atoms with Crippen molar-refractivity contribution in [1.82, 2.24) is 24.0 Å². The van der Waals surface area contributed by atoms with Crippen molar-refractivity contribution in [2.45, 2.75) is 5.92 Å². The average molecular weight is 401 g/mol. The topological polar surface area (TPSA) is 91.5 Å². The van der Waals surface area contributed by atoms with Gasteiger partial charge in [-0.3, -0.25) is 4.57 Å². The molecule has 0 aliphatic carbocycles. The lowest BCUT2D eigenvalue weighted by Crippen LogP contribution is -2.52. The molecule has 1 aliphatic heterocycles. The van der Waals surface area contributed by atoms with Crippen molar-refractivity contribution in [1.29, 1.82) is 0 Å². The molecule has 1 saturated heterocycles. The van der Waals surface area contributed by atoms with Crippen LogP contribution in [0.1, 0.15) is 11.5 Å². The number of hydrogen-bond acceptors (Lipinski definition) is 6. The molecule has 3 heterocycles. The van der Waals surface area contributed by atoms with Crippen LogP contribution in [-0.2, 0) is 11.8 Å². The van der Waals surface area contributed by atoms with Crippen LogP contribution in [0.25, 0.3) is 11.2 Å². The van der Waals surface area contributed by atoms with E-state index >= 15 is 0 Å². The number of likely N-dealkylation sites (tertiary alicyclic amines) is 1. The molecule has 152 valence electrons. The van der Waals surface area contributed by atoms with Gasteiger partial charge in [-0.15, -0.1) is 0 Å². The summed E-state index contributed by atoms with van der Waals surface area (Å²) < 4.78 is 26.0. The first kappa shape index (κ1) is 19.1. The van der Waals surface area contributed by atoms with Gasteiger partial charge in [-0.25, -0.2) is 23.5 Å². The van der Waals surface area contributed by atoms with Crippen LogP contribution >= 0.6 is 0 Å². The Labute approximate surface area is 165 Å². The normalized spacial score (nSPS) is 14.2. The van der Waals surface area contributed by atoms with Crippen molar-refractivity contribution in [2.75, 3.05) is 33.4 Å². The number of rotatable bonds is 5. The first-order valence-corrected chi connectivity index (χ1v) is 9.10. The number of fused-ring (bicyclic) bond motifs is 1. The Bertz CT molecular complexity index is 1120. The van der Waals surface area contributed by atoms with Crippen molar-refractivity contribution in [2.24, 2.45) is 7.05 Å². The number of methoxy groups -OCH3 is 1. The van der Waals surface area contributed by atoms with E-state index in [0.717, 1.165) is 10.1 Å². The Morgan fingerprint density at radius 2 is 2.10 bits per heavy atom. The zero-order valence-electron chi connectivity index (χ0n) is 16.0. The number of nitrogens with zero attached hydrogens (tertiary/aromatic N) is 5. The first-order valence-electron chi connectivity index (χ1n) is 9.10. The van der Waals surface area contributed by atoms with Crippen molar-refractivity contribution in [3.63, 3.8) is 0 Å². The second-order valence-corrected chi connectivity index (χ2v) is 6.82. The summed E-state index contributed by atoms with van der Waals surface area (Å²) in [6.45, 7) is 1.46. The molecule has 1 aliphatic rings. The van der Waals surface area contributed by atoms with Gasteiger partial charge in [-0.1, -0.05) is 12.1 Å². The summed E-state index contributed by atoms with van der Waals surface area (Å²) in [5, 5.41) is 0. The number of aryl methyl sites for hydroxylation is 1. The van der Waals surface area contributed by atoms with E-state index in [0.29, 0.717) is 30.9 Å². The molecule has 29 heavy (non-hydrogen) atoms. The third kappa shape index (κ3) is 3.46. The van der Waals surface area contributed by atoms with Gasteiger partial charge in [0.1, 0.15) is 17.9 Å². The number of carbonyl (C=O) groups is 1. The molecule has 1 aromatic carbocycles. The molecular weight excluding hydrogens is 381 g/mol. The molecule has 0 atom stereocenters. The van der Waals surface area contributed by atoms with Gasteiger partial charge < -0.3 is 14.4 Å². The van der Waals surface area contributed by atoms with Gasteiger partial charge in [-0.2, -0.15) is 4.98 Å². The zero-order valence-corrected chi connectivity index (χ0v) is 16.0. The number of halogens is 1. The quantitative estimate of drug-likeness (QED) is 0.600. The Morgan fingerprint density at radius 3 is 2.83 bits per heavy atom. The Balaban J connectivity index is 1.55. The SMILES string of the molecule is COCCOc1ncc2c(n1)n(C)c(=O)n2C(=O)N1CC(c2cccc(F)c2)C1. The number of carbonyl (C=O) groups excluding carboxylic acids is 1. The summed E-state index contributed by atoms with van der Waals surface area (Å²) in [6, 6.07) is 5.98. The van der Waals surface area contributed by atoms with Gasteiger partial charge in [0.25, 0.3) is 0 Å². The van der Waals surface area contributed by atoms with Crippen LogP contribution < -0.4 is 10.4 Å². The molecule has 0 bridgehead atoms. The number of hydrogen-bond donors (Lipinski definition) is 0. The highest BCUT2D eigenvalue weighted by atomic mass is 19.1. The summed E-state index contributed by atoms with van der Waals surface area (Å²) >= 11 is 0. The molecule has 0 saturated carbocycles. The largest absolute Gasteiger partial charge is 0.461 e. The van der Waals surface area contributed by atoms with Crippen molar-refractivity contribution < 1.29 is 18.7 Å². The highest BCUT2D eigenvalue weighted by Crippen LogP contribution is 2.28. The van der Waals surface area contributed by atoms with Crippen LogP contribution in [0.4, 0.5) is 9.18 Å². The van der Waals surface area contributed by atoms with Crippen molar-refractivity contribution >= 4 is 17.2 Å². The maximum Gasteiger partial charge on any atom is 0.338 e. The predicted molar refractivity (Wildman–Crippen MR) is 102 cm³/mol. The standard InChI is InChI=1S/C19H20FN5O4/c1-23-16-15(9-21-17(22-16)29-7-6-28-2)25(18(23)26)19(27)24-10-13(11-24)12-4-3-5-14(20)8-12/h3-5,8-9,13H,6-7,10-11H2,1-2H3. The molecule has 4 rings (SSSR count). The van der Waals surface area contributed by atoms with Gasteiger partial charge in [-0.05, 0) is 17.7 Å². The fraction of sp³-hybridized carbons (Fsp3) is 0.368. The summed E-state index contributed by atoms with van der Waals surface area (Å²) in [6.07, 6.45) is 1.40. The fourth-order valence-corrected chi connectivity index (χ4v) is 3.32. The van der Waals surface area contributed by atoms with Gasteiger partial charge >= 0.3 is 17.7 Å². The summed E-state index contributed by atoms with van der Waals surface area (Å²) in [4.78, 5) is 35.4. The van der Waals surface area contributed by atoms with Crippen LogP contribution in [0.15, 0.2) is 35.3 Å². The van der Waals surface area contributed by atoms with Crippen LogP contribution in [-0.4, -0.2) is 63.4 Å². The van der Waals surface area contributed by atoms with E-state index in [9.17, 15) is 14.0 Å². The number of benzene rings is 1. The van der Waals surface area contributed by atoms with Gasteiger partial charge in [0.05, 0.1) is 12.8 Å². The van der Waals surface area contributed by atoms with Crippen LogP contribution in [0, 0.1) is 5.82 Å². The van der Waals surface area contributed by atoms with E-state index in [-0.39, 0.29) is 24.4 Å². The molecule has 0 N–H and O–H groups in total. The summed E-state index contributed by atoms with van der Waals surface area (Å²) in [7, 11) is 3.09. The van der Waals surface area contributed by atoms with Crippen LogP contribution in [0.5, 0.6) is 6.01 Å². The zero-order chi connectivity index (χ0) is 20.5. The van der Waals surface area contributed by atoms with Crippen molar-refractivity contribution in [3.8, 4) is 6.01 Å². The second-order valence-electron chi connectivity index (χ2n) is 6.82. The van der Waals surface area contributed by atoms with Crippen LogP contribution in [0.3, 0.4) is 0 Å². The minimum absolute atomic E-state index is 0.0392. The first-order chi connectivity index (χ1) is 14.0. The van der Waals surface area contributed by atoms with Gasteiger partial charge in [0, 0.05) is 33.2 Å². The monoisotopic (exact) mass is 401 g/mol. The minimum atomic E-state index is -0.512. The molecule has 2 aromatic heterocycles. The smallest absolute Gasteiger partial charge is 0.338 e. The lowest BCUT2D eigenvalue weighted by atomic mass is 9.92. The molecule has 10 heteroatoms. The lowest BCUT2D eigenvalue weighted by molar-refractivity contribution is 0.141. The molecular formula is C19H20FN5O4. The van der Waals surface area contributed by atoms with Crippen LogP contribution in [0.2, 0.25) is 0 Å². The van der Waals surface area contributed by atoms with Gasteiger partial charge in [0.2, 0.25) is 0 Å². The van der Waals surface area contributed by atoms with E-state index in [2.05, 4.69) is 9.97 Å². The molecule has 0 unspecified atom stereocenters. The number of ether oxygens (including phenoxy) is 2. The number of imidazole rings is 1. The molecule has 1 fully saturated rings. The molecule has 1 amide bonds. The predicted octanol–water partition coefficient (Wildman–Crippen LogP) is 1.36. The Morgan fingerprint density at radius 1 is 1.31 bits per heavy atom. The Hall–Kier alpha value is -3.27. The third-order valence-corrected chi connectivity index (χ3v) is 4.95. The Kier molecular flexibility index (Phi) is 5.01. The molecule has 0 radical (unpaired) electrons. The highest BCUT2D eigenvalue weighted by molar-refractivity contribution is 5.88. The average Bonchev–Trinajstić information content (AvgIpc) is 2.91. The number of aromatic nitrogens is 4. The summed E-state index contributed by atoms with van der Waals surface area (Å²) in [5.74, 6) is -0.268. The fourth-order valence-electron chi connectivity index (χ4n) is 3.32. The molecule has 9 nitrogen and oxygen atoms in total. The number of amides is 1. The molecule has 0 spiro atoms. The lowest BCUT2D eigenvalue weighted by Gasteiger charge is -2.39. The minimum Gasteiger partial charge on any atom is -0.461 e. The van der Waals surface area contributed by atoms with Crippen molar-refractivity contribution in [3.05, 3.63) is 52.3 Å². The summed E-state index contributed by atoms with van der Waals surface area (Å²) in [5.41, 5.74) is 0.923.